The summed E-state index contributed by atoms with van der Waals surface area (Å²) in [6.45, 7) is 9.95. The second-order valence-corrected chi connectivity index (χ2v) is 8.07. The van der Waals surface area contributed by atoms with E-state index in [0.29, 0.717) is 0 Å². The van der Waals surface area contributed by atoms with Crippen LogP contribution in [-0.4, -0.2) is 30.4 Å². The van der Waals surface area contributed by atoms with Crippen LogP contribution in [-0.2, 0) is 0 Å². The molecule has 5 rings (SSSR count). The maximum atomic E-state index is 4.85. The average Bonchev–Trinajstić information content (AvgIpc) is 3.23. The minimum Gasteiger partial charge on any atom is -0.364 e. The first-order chi connectivity index (χ1) is 13.9. The van der Waals surface area contributed by atoms with Crippen LogP contribution < -0.4 is 20.0 Å². The van der Waals surface area contributed by atoms with Crippen molar-refractivity contribution in [1.82, 2.24) is 9.97 Å². The molecule has 0 unspecified atom stereocenters. The Bertz CT molecular complexity index is 1120. The number of aromatic nitrogens is 2. The van der Waals surface area contributed by atoms with Crippen LogP contribution in [0.15, 0.2) is 36.4 Å². The van der Waals surface area contributed by atoms with Gasteiger partial charge in [0.15, 0.2) is 11.6 Å². The lowest BCUT2D eigenvalue weighted by Crippen LogP contribution is -2.25. The predicted octanol–water partition coefficient (Wildman–Crippen LogP) is 4.78. The second kappa shape index (κ2) is 6.37. The third kappa shape index (κ3) is 2.78. The smallest absolute Gasteiger partial charge is 0.158 e. The summed E-state index contributed by atoms with van der Waals surface area (Å²) in [6.07, 6.45) is 0. The summed E-state index contributed by atoms with van der Waals surface area (Å²) in [6, 6.07) is 13.0. The molecule has 4 heterocycles. The highest BCUT2D eigenvalue weighted by molar-refractivity contribution is 5.85. The number of anilines is 6. The number of rotatable bonds is 2. The fourth-order valence-corrected chi connectivity index (χ4v) is 4.31. The molecule has 0 atom stereocenters. The molecular formula is C23H26N6. The highest BCUT2D eigenvalue weighted by Crippen LogP contribution is 2.43. The molecule has 0 aliphatic carbocycles. The van der Waals surface area contributed by atoms with Crippen LogP contribution in [0.2, 0.25) is 0 Å². The van der Waals surface area contributed by atoms with Crippen molar-refractivity contribution in [3.63, 3.8) is 0 Å². The molecule has 148 valence electrons. The molecule has 0 fully saturated rings. The Labute approximate surface area is 171 Å². The molecule has 2 aliphatic heterocycles. The zero-order valence-electron chi connectivity index (χ0n) is 17.6. The number of benzene rings is 1. The Hall–Kier alpha value is -3.28. The van der Waals surface area contributed by atoms with Gasteiger partial charge >= 0.3 is 0 Å². The number of nitrogens with zero attached hydrogens (tertiary/aromatic N) is 5. The van der Waals surface area contributed by atoms with Crippen molar-refractivity contribution in [2.24, 2.45) is 0 Å². The van der Waals surface area contributed by atoms with Crippen molar-refractivity contribution in [2.75, 3.05) is 40.4 Å². The summed E-state index contributed by atoms with van der Waals surface area (Å²) in [5.41, 5.74) is 9.18. The maximum absolute atomic E-state index is 4.85. The first-order valence-electron chi connectivity index (χ1n) is 9.99. The minimum absolute atomic E-state index is 0.725. The second-order valence-electron chi connectivity index (χ2n) is 8.07. The predicted molar refractivity (Wildman–Crippen MR) is 120 cm³/mol. The van der Waals surface area contributed by atoms with E-state index in [1.54, 1.807) is 0 Å². The van der Waals surface area contributed by atoms with Crippen molar-refractivity contribution in [3.8, 4) is 0 Å². The Balaban J connectivity index is 1.62. The molecule has 0 spiro atoms. The number of nitrogens with one attached hydrogen (secondary N) is 1. The Morgan fingerprint density at radius 1 is 0.759 bits per heavy atom. The summed E-state index contributed by atoms with van der Waals surface area (Å²) >= 11 is 0. The van der Waals surface area contributed by atoms with E-state index in [1.807, 2.05) is 19.9 Å². The molecule has 2 aromatic heterocycles. The van der Waals surface area contributed by atoms with Crippen LogP contribution in [0.5, 0.6) is 0 Å². The van der Waals surface area contributed by atoms with Gasteiger partial charge in [0, 0.05) is 29.8 Å². The molecule has 0 saturated carbocycles. The van der Waals surface area contributed by atoms with Gasteiger partial charge in [0.25, 0.3) is 0 Å². The van der Waals surface area contributed by atoms with Crippen molar-refractivity contribution in [3.05, 3.63) is 58.9 Å². The van der Waals surface area contributed by atoms with Gasteiger partial charge in [-0.05, 0) is 69.2 Å². The molecule has 0 amide bonds. The van der Waals surface area contributed by atoms with Gasteiger partial charge in [-0.15, -0.1) is 0 Å². The van der Waals surface area contributed by atoms with Crippen LogP contribution in [0.3, 0.4) is 0 Å². The van der Waals surface area contributed by atoms with Gasteiger partial charge in [0.2, 0.25) is 0 Å². The van der Waals surface area contributed by atoms with Gasteiger partial charge in [-0.3, -0.25) is 0 Å². The van der Waals surface area contributed by atoms with Gasteiger partial charge in [-0.2, -0.15) is 0 Å². The number of aryl methyl sites for hydroxylation is 4. The quantitative estimate of drug-likeness (QED) is 0.684. The molecule has 6 heteroatoms. The summed E-state index contributed by atoms with van der Waals surface area (Å²) in [7, 11) is 2.12. The van der Waals surface area contributed by atoms with E-state index in [0.717, 1.165) is 42.0 Å². The lowest BCUT2D eigenvalue weighted by molar-refractivity contribution is 0.936. The number of hydrogen-bond donors (Lipinski definition) is 1. The van der Waals surface area contributed by atoms with Gasteiger partial charge in [0.05, 0.1) is 24.7 Å². The van der Waals surface area contributed by atoms with Crippen LogP contribution >= 0.6 is 0 Å². The summed E-state index contributed by atoms with van der Waals surface area (Å²) in [4.78, 5) is 16.5. The van der Waals surface area contributed by atoms with E-state index < -0.39 is 0 Å². The van der Waals surface area contributed by atoms with E-state index in [-0.39, 0.29) is 0 Å². The largest absolute Gasteiger partial charge is 0.364 e. The summed E-state index contributed by atoms with van der Waals surface area (Å²) < 4.78 is 0. The molecule has 0 bridgehead atoms. The van der Waals surface area contributed by atoms with Crippen LogP contribution in [0.1, 0.15) is 22.5 Å². The SMILES string of the molecule is Cc1ccc2c(n1)N(c1cc(N3CN(C)c4ccc(C)nc43)c(C)cc1C)CN2. The van der Waals surface area contributed by atoms with Crippen molar-refractivity contribution < 1.29 is 0 Å². The van der Waals surface area contributed by atoms with Crippen LogP contribution in [0.25, 0.3) is 0 Å². The minimum atomic E-state index is 0.725. The number of pyridine rings is 2. The molecule has 1 N–H and O–H groups in total. The first kappa shape index (κ1) is 17.8. The van der Waals surface area contributed by atoms with Gasteiger partial charge in [0.1, 0.15) is 0 Å². The van der Waals surface area contributed by atoms with Crippen LogP contribution in [0, 0.1) is 27.7 Å². The van der Waals surface area contributed by atoms with E-state index in [4.69, 9.17) is 9.97 Å². The number of hydrogen-bond acceptors (Lipinski definition) is 6. The van der Waals surface area contributed by atoms with Crippen molar-refractivity contribution >= 4 is 34.4 Å². The third-order valence-electron chi connectivity index (χ3n) is 5.81. The van der Waals surface area contributed by atoms with Crippen molar-refractivity contribution in [2.45, 2.75) is 27.7 Å². The molecule has 3 aromatic rings. The van der Waals surface area contributed by atoms with Crippen LogP contribution in [0.4, 0.5) is 34.4 Å². The van der Waals surface area contributed by atoms with Crippen molar-refractivity contribution in [1.29, 1.82) is 0 Å². The average molecular weight is 387 g/mol. The van der Waals surface area contributed by atoms with E-state index >= 15 is 0 Å². The first-order valence-corrected chi connectivity index (χ1v) is 9.99. The lowest BCUT2D eigenvalue weighted by Gasteiger charge is -2.26. The van der Waals surface area contributed by atoms with Gasteiger partial charge in [-0.1, -0.05) is 6.07 Å². The highest BCUT2D eigenvalue weighted by Gasteiger charge is 2.29. The normalized spacial score (nSPS) is 14.9. The third-order valence-corrected chi connectivity index (χ3v) is 5.81. The standard InChI is InChI=1S/C23H26N6/c1-14-10-15(2)21(29-13-27(5)19-9-7-17(4)26-23(19)29)11-20(14)28-12-24-18-8-6-16(3)25-22(18)28/h6-11,24H,12-13H2,1-5H3. The molecule has 0 saturated heterocycles. The van der Waals surface area contributed by atoms with Gasteiger partial charge < -0.3 is 20.0 Å². The molecule has 0 radical (unpaired) electrons. The fourth-order valence-electron chi connectivity index (χ4n) is 4.31. The van der Waals surface area contributed by atoms with E-state index in [9.17, 15) is 0 Å². The van der Waals surface area contributed by atoms with Gasteiger partial charge in [-0.25, -0.2) is 9.97 Å². The summed E-state index contributed by atoms with van der Waals surface area (Å²) in [5.74, 6) is 2.02. The zero-order valence-corrected chi connectivity index (χ0v) is 17.6. The number of fused-ring (bicyclic) bond motifs is 2. The Kier molecular flexibility index (Phi) is 3.91. The molecule has 6 nitrogen and oxygen atoms in total. The summed E-state index contributed by atoms with van der Waals surface area (Å²) in [5, 5.41) is 3.47. The molecule has 29 heavy (non-hydrogen) atoms. The molecule has 1 aromatic carbocycles. The molecule has 2 aliphatic rings. The fraction of sp³-hybridized carbons (Fsp3) is 0.304. The zero-order chi connectivity index (χ0) is 20.3. The topological polar surface area (TPSA) is 47.5 Å². The lowest BCUT2D eigenvalue weighted by atomic mass is 10.1. The highest BCUT2D eigenvalue weighted by atomic mass is 15.4. The Morgan fingerprint density at radius 2 is 1.41 bits per heavy atom. The maximum Gasteiger partial charge on any atom is 0.158 e. The van der Waals surface area contributed by atoms with E-state index in [1.165, 1.54) is 28.2 Å². The monoisotopic (exact) mass is 386 g/mol. The van der Waals surface area contributed by atoms with E-state index in [2.05, 4.69) is 71.2 Å². The molecular weight excluding hydrogens is 360 g/mol. The Morgan fingerprint density at radius 3 is 2.17 bits per heavy atom.